The summed E-state index contributed by atoms with van der Waals surface area (Å²) in [6.45, 7) is 4.11. The van der Waals surface area contributed by atoms with Crippen molar-refractivity contribution >= 4 is 26.6 Å². The second-order valence-corrected chi connectivity index (χ2v) is 9.80. The molecule has 1 amide bonds. The Balaban J connectivity index is 1.44. The van der Waals surface area contributed by atoms with Gasteiger partial charge in [-0.15, -0.1) is 0 Å². The fourth-order valence-corrected chi connectivity index (χ4v) is 5.87. The second-order valence-electron chi connectivity index (χ2n) is 7.57. The molecule has 150 valence electrons. The lowest BCUT2D eigenvalue weighted by Gasteiger charge is -2.38. The first-order valence-electron chi connectivity index (χ1n) is 9.55. The minimum atomic E-state index is -2.91. The average molecular weight is 404 g/mol. The molecular weight excluding hydrogens is 380 g/mol. The van der Waals surface area contributed by atoms with Gasteiger partial charge in [0.15, 0.2) is 9.84 Å². The molecule has 28 heavy (non-hydrogen) atoms. The van der Waals surface area contributed by atoms with Gasteiger partial charge in [0, 0.05) is 32.2 Å². The number of fused-ring (bicyclic) bond motifs is 1. The van der Waals surface area contributed by atoms with Crippen LogP contribution in [0.25, 0.3) is 10.9 Å². The number of nitrogens with zero attached hydrogens (tertiary/aromatic N) is 4. The number of amides is 1. The van der Waals surface area contributed by atoms with Crippen molar-refractivity contribution in [2.24, 2.45) is 0 Å². The van der Waals surface area contributed by atoms with Gasteiger partial charge in [0.25, 0.3) is 5.56 Å². The van der Waals surface area contributed by atoms with Crippen molar-refractivity contribution in [1.29, 1.82) is 0 Å². The number of rotatable bonds is 3. The van der Waals surface area contributed by atoms with E-state index in [1.165, 1.54) is 10.9 Å². The van der Waals surface area contributed by atoms with Gasteiger partial charge in [-0.2, -0.15) is 0 Å². The zero-order valence-electron chi connectivity index (χ0n) is 15.8. The van der Waals surface area contributed by atoms with Gasteiger partial charge in [-0.25, -0.2) is 13.4 Å². The number of carbonyl (C=O) groups excluding carboxylic acids is 1. The van der Waals surface area contributed by atoms with Crippen LogP contribution < -0.4 is 5.56 Å². The molecule has 2 aliphatic heterocycles. The number of hydrogen-bond donors (Lipinski definition) is 0. The molecule has 2 aromatic rings. The van der Waals surface area contributed by atoms with Crippen LogP contribution in [0.4, 0.5) is 0 Å². The van der Waals surface area contributed by atoms with E-state index in [0.717, 1.165) is 0 Å². The lowest BCUT2D eigenvalue weighted by Crippen LogP contribution is -2.53. The Kier molecular flexibility index (Phi) is 4.96. The second kappa shape index (κ2) is 7.29. The van der Waals surface area contributed by atoms with Crippen molar-refractivity contribution in [3.05, 3.63) is 40.9 Å². The van der Waals surface area contributed by atoms with E-state index in [0.29, 0.717) is 43.5 Å². The van der Waals surface area contributed by atoms with Crippen molar-refractivity contribution in [1.82, 2.24) is 19.4 Å². The standard InChI is InChI=1S/C19H24N4O4S/c1-14(23-13-20-17-5-3-2-4-16(17)19(23)25)18(24)22-9-7-21(8-10-22)15-6-11-28(26,27)12-15/h2-5,13-15H,6-12H2,1H3. The van der Waals surface area contributed by atoms with E-state index < -0.39 is 15.9 Å². The van der Waals surface area contributed by atoms with Gasteiger partial charge in [0.05, 0.1) is 28.7 Å². The van der Waals surface area contributed by atoms with Crippen LogP contribution in [0.5, 0.6) is 0 Å². The highest BCUT2D eigenvalue weighted by molar-refractivity contribution is 7.91. The van der Waals surface area contributed by atoms with E-state index in [9.17, 15) is 18.0 Å². The van der Waals surface area contributed by atoms with Crippen LogP contribution in [0.1, 0.15) is 19.4 Å². The van der Waals surface area contributed by atoms with Gasteiger partial charge in [-0.1, -0.05) is 12.1 Å². The lowest BCUT2D eigenvalue weighted by molar-refractivity contribution is -0.136. The summed E-state index contributed by atoms with van der Waals surface area (Å²) in [5, 5.41) is 0.497. The molecule has 3 heterocycles. The molecule has 0 N–H and O–H groups in total. The van der Waals surface area contributed by atoms with Crippen molar-refractivity contribution < 1.29 is 13.2 Å². The molecule has 4 rings (SSSR count). The SMILES string of the molecule is CC(C(=O)N1CCN(C2CCS(=O)(=O)C2)CC1)n1cnc2ccccc2c1=O. The quantitative estimate of drug-likeness (QED) is 0.730. The number of sulfone groups is 1. The number of hydrogen-bond acceptors (Lipinski definition) is 6. The van der Waals surface area contributed by atoms with E-state index in [1.807, 2.05) is 6.07 Å². The smallest absolute Gasteiger partial charge is 0.261 e. The highest BCUT2D eigenvalue weighted by atomic mass is 32.2. The number of para-hydroxylation sites is 1. The number of benzene rings is 1. The molecule has 2 aliphatic rings. The third kappa shape index (κ3) is 3.56. The topological polar surface area (TPSA) is 92.6 Å². The molecule has 0 saturated carbocycles. The summed E-state index contributed by atoms with van der Waals surface area (Å²) in [6, 6.07) is 6.52. The molecule has 2 atom stereocenters. The zero-order chi connectivity index (χ0) is 19.9. The summed E-state index contributed by atoms with van der Waals surface area (Å²) < 4.78 is 24.8. The maximum Gasteiger partial charge on any atom is 0.261 e. The van der Waals surface area contributed by atoms with E-state index in [1.54, 1.807) is 30.0 Å². The highest BCUT2D eigenvalue weighted by Crippen LogP contribution is 2.20. The molecule has 0 bridgehead atoms. The first-order chi connectivity index (χ1) is 13.4. The zero-order valence-corrected chi connectivity index (χ0v) is 16.6. The lowest BCUT2D eigenvalue weighted by atomic mass is 10.1. The van der Waals surface area contributed by atoms with Gasteiger partial charge in [-0.05, 0) is 25.5 Å². The van der Waals surface area contributed by atoms with Gasteiger partial charge >= 0.3 is 0 Å². The van der Waals surface area contributed by atoms with Crippen LogP contribution in [-0.4, -0.2) is 77.4 Å². The molecular formula is C19H24N4O4S. The van der Waals surface area contributed by atoms with Crippen LogP contribution in [-0.2, 0) is 14.6 Å². The van der Waals surface area contributed by atoms with E-state index in [4.69, 9.17) is 0 Å². The Bertz CT molecular complexity index is 1060. The first-order valence-corrected chi connectivity index (χ1v) is 11.4. The Hall–Kier alpha value is -2.26. The number of aromatic nitrogens is 2. The molecule has 1 aromatic heterocycles. The molecule has 2 unspecified atom stereocenters. The van der Waals surface area contributed by atoms with Crippen LogP contribution in [0.2, 0.25) is 0 Å². The largest absolute Gasteiger partial charge is 0.338 e. The Morgan fingerprint density at radius 1 is 1.18 bits per heavy atom. The molecule has 2 fully saturated rings. The predicted molar refractivity (Wildman–Crippen MR) is 106 cm³/mol. The Morgan fingerprint density at radius 3 is 2.57 bits per heavy atom. The van der Waals surface area contributed by atoms with Crippen molar-refractivity contribution in [3.8, 4) is 0 Å². The fraction of sp³-hybridized carbons (Fsp3) is 0.526. The predicted octanol–water partition coefficient (Wildman–Crippen LogP) is 0.289. The summed E-state index contributed by atoms with van der Waals surface area (Å²) >= 11 is 0. The summed E-state index contributed by atoms with van der Waals surface area (Å²) in [6.07, 6.45) is 2.11. The monoisotopic (exact) mass is 404 g/mol. The Labute approximate surface area is 163 Å². The van der Waals surface area contributed by atoms with Crippen LogP contribution >= 0.6 is 0 Å². The Morgan fingerprint density at radius 2 is 1.89 bits per heavy atom. The van der Waals surface area contributed by atoms with Crippen LogP contribution in [0, 0.1) is 0 Å². The van der Waals surface area contributed by atoms with Crippen molar-refractivity contribution in [3.63, 3.8) is 0 Å². The molecule has 0 aliphatic carbocycles. The summed E-state index contributed by atoms with van der Waals surface area (Å²) in [4.78, 5) is 33.9. The van der Waals surface area contributed by atoms with E-state index in [2.05, 4.69) is 9.88 Å². The third-order valence-corrected chi connectivity index (χ3v) is 7.57. The van der Waals surface area contributed by atoms with Gasteiger partial charge < -0.3 is 4.90 Å². The molecule has 1 aromatic carbocycles. The maximum absolute atomic E-state index is 12.9. The minimum Gasteiger partial charge on any atom is -0.338 e. The van der Waals surface area contributed by atoms with Crippen molar-refractivity contribution in [2.75, 3.05) is 37.7 Å². The molecule has 2 saturated heterocycles. The summed E-state index contributed by atoms with van der Waals surface area (Å²) in [5.41, 5.74) is 0.393. The van der Waals surface area contributed by atoms with Crippen LogP contribution in [0.15, 0.2) is 35.4 Å². The maximum atomic E-state index is 12.9. The van der Waals surface area contributed by atoms with Gasteiger partial charge in [0.1, 0.15) is 6.04 Å². The molecule has 8 nitrogen and oxygen atoms in total. The number of carbonyl (C=O) groups is 1. The molecule has 0 radical (unpaired) electrons. The van der Waals surface area contributed by atoms with Gasteiger partial charge in [0.2, 0.25) is 5.91 Å². The van der Waals surface area contributed by atoms with Crippen LogP contribution in [0.3, 0.4) is 0 Å². The third-order valence-electron chi connectivity index (χ3n) is 5.82. The fourth-order valence-electron chi connectivity index (χ4n) is 4.11. The molecule has 9 heteroatoms. The minimum absolute atomic E-state index is 0.0620. The average Bonchev–Trinajstić information content (AvgIpc) is 3.07. The normalized spacial score (nSPS) is 23.8. The van der Waals surface area contributed by atoms with Crippen molar-refractivity contribution in [2.45, 2.75) is 25.4 Å². The molecule has 0 spiro atoms. The van der Waals surface area contributed by atoms with E-state index >= 15 is 0 Å². The summed E-state index contributed by atoms with van der Waals surface area (Å²) in [5.74, 6) is 0.360. The van der Waals surface area contributed by atoms with E-state index in [-0.39, 0.29) is 29.0 Å². The first kappa shape index (κ1) is 19.1. The number of piperazine rings is 1. The highest BCUT2D eigenvalue weighted by Gasteiger charge is 2.35. The summed E-state index contributed by atoms with van der Waals surface area (Å²) in [7, 11) is -2.91. The van der Waals surface area contributed by atoms with Gasteiger partial charge in [-0.3, -0.25) is 19.1 Å².